The highest BCUT2D eigenvalue weighted by molar-refractivity contribution is 14.1. The van der Waals surface area contributed by atoms with Crippen LogP contribution in [0.15, 0.2) is 10.7 Å². The van der Waals surface area contributed by atoms with Crippen LogP contribution < -0.4 is 0 Å². The number of halogens is 4. The predicted molar refractivity (Wildman–Crippen MR) is 65.6 cm³/mol. The van der Waals surface area contributed by atoms with E-state index in [1.54, 1.807) is 6.92 Å². The van der Waals surface area contributed by atoms with Crippen molar-refractivity contribution in [3.8, 4) is 0 Å². The first kappa shape index (κ1) is 13.8. The molecule has 0 radical (unpaired) electrons. The maximum absolute atomic E-state index is 12.8. The first-order valence-electron chi connectivity index (χ1n) is 4.28. The highest BCUT2D eigenvalue weighted by Crippen LogP contribution is 2.33. The van der Waals surface area contributed by atoms with Gasteiger partial charge in [0.15, 0.2) is 5.69 Å². The lowest BCUT2D eigenvalue weighted by molar-refractivity contribution is 0.0507. The summed E-state index contributed by atoms with van der Waals surface area (Å²) in [6.45, 7) is 1.72. The zero-order valence-electron chi connectivity index (χ0n) is 8.14. The van der Waals surface area contributed by atoms with Crippen molar-refractivity contribution in [1.82, 2.24) is 4.98 Å². The van der Waals surface area contributed by atoms with E-state index in [0.717, 1.165) is 0 Å². The smallest absolute Gasteiger partial charge is 0.357 e. The molecule has 0 aliphatic carbocycles. The molecule has 1 rings (SSSR count). The Bertz CT molecular complexity index is 415. The van der Waals surface area contributed by atoms with E-state index in [9.17, 15) is 13.6 Å². The van der Waals surface area contributed by atoms with E-state index >= 15 is 0 Å². The highest BCUT2D eigenvalue weighted by atomic mass is 127. The Morgan fingerprint density at radius 2 is 2.31 bits per heavy atom. The summed E-state index contributed by atoms with van der Waals surface area (Å²) in [5.74, 6) is -0.838. The highest BCUT2D eigenvalue weighted by Gasteiger charge is 2.25. The maximum atomic E-state index is 12.8. The van der Waals surface area contributed by atoms with Crippen LogP contribution in [0.25, 0.3) is 0 Å². The fourth-order valence-electron chi connectivity index (χ4n) is 1.04. The van der Waals surface area contributed by atoms with Gasteiger partial charge >= 0.3 is 5.97 Å². The van der Waals surface area contributed by atoms with Crippen LogP contribution in [0.1, 0.15) is 29.4 Å². The average molecular weight is 406 g/mol. The number of carbonyl (C=O) groups is 1. The Balaban J connectivity index is 3.28. The molecule has 0 saturated heterocycles. The molecule has 0 aliphatic heterocycles. The molecule has 0 fully saturated rings. The largest absolute Gasteiger partial charge is 0.461 e. The number of hydrogen-bond donors (Lipinski definition) is 0. The molecule has 3 nitrogen and oxygen atoms in total. The van der Waals surface area contributed by atoms with E-state index in [2.05, 4.69) is 25.7 Å². The minimum absolute atomic E-state index is 0.118. The third-order valence-corrected chi connectivity index (χ3v) is 4.11. The molecule has 0 aliphatic rings. The average Bonchev–Trinajstić information content (AvgIpc) is 2.21. The second-order valence-electron chi connectivity index (χ2n) is 2.70. The van der Waals surface area contributed by atoms with Gasteiger partial charge in [-0.1, -0.05) is 0 Å². The molecule has 0 bridgehead atoms. The number of ether oxygens (including phenoxy) is 1. The number of carbonyl (C=O) groups excluding carboxylic acids is 1. The minimum atomic E-state index is -2.78. The lowest BCUT2D eigenvalue weighted by atomic mass is 10.2. The molecule has 0 N–H and O–H groups in total. The number of nitrogens with zero attached hydrogens (tertiary/aromatic N) is 1. The summed E-state index contributed by atoms with van der Waals surface area (Å²) in [7, 11) is 0. The van der Waals surface area contributed by atoms with Crippen LogP contribution in [0.2, 0.25) is 0 Å². The number of hydrogen-bond acceptors (Lipinski definition) is 3. The zero-order chi connectivity index (χ0) is 12.3. The van der Waals surface area contributed by atoms with Crippen LogP contribution in [0.4, 0.5) is 8.78 Å². The van der Waals surface area contributed by atoms with Crippen molar-refractivity contribution < 1.29 is 18.3 Å². The molecule has 7 heteroatoms. The number of pyridine rings is 1. The topological polar surface area (TPSA) is 39.2 Å². The Morgan fingerprint density at radius 3 is 2.81 bits per heavy atom. The second-order valence-corrected chi connectivity index (χ2v) is 4.66. The van der Waals surface area contributed by atoms with E-state index in [-0.39, 0.29) is 16.8 Å². The van der Waals surface area contributed by atoms with E-state index in [1.165, 1.54) is 6.20 Å². The van der Waals surface area contributed by atoms with Crippen molar-refractivity contribution in [2.45, 2.75) is 13.3 Å². The molecule has 16 heavy (non-hydrogen) atoms. The van der Waals surface area contributed by atoms with Gasteiger partial charge in [0.2, 0.25) is 0 Å². The third kappa shape index (κ3) is 2.88. The predicted octanol–water partition coefficient (Wildman–Crippen LogP) is 3.56. The van der Waals surface area contributed by atoms with Crippen LogP contribution >= 0.6 is 38.5 Å². The molecule has 1 aromatic heterocycles. The summed E-state index contributed by atoms with van der Waals surface area (Å²) in [5.41, 5.74) is -0.769. The number of esters is 1. The molecule has 1 heterocycles. The summed E-state index contributed by atoms with van der Waals surface area (Å²) < 4.78 is 30.9. The monoisotopic (exact) mass is 405 g/mol. The number of alkyl halides is 2. The fraction of sp³-hybridized carbons (Fsp3) is 0.333. The molecular formula is C9H7BrF2INO2. The summed E-state index contributed by atoms with van der Waals surface area (Å²) >= 11 is 4.87. The van der Waals surface area contributed by atoms with Crippen molar-refractivity contribution in [3.05, 3.63) is 25.5 Å². The molecule has 0 spiro atoms. The standard InChI is InChI=1S/C9H7BrF2INO2/c1-2-16-9(15)7-5(8(11)12)6(10)4(13)3-14-7/h3,8H,2H2,1H3. The van der Waals surface area contributed by atoms with E-state index in [1.807, 2.05) is 22.6 Å². The van der Waals surface area contributed by atoms with E-state index in [0.29, 0.717) is 3.57 Å². The van der Waals surface area contributed by atoms with Gasteiger partial charge in [0.05, 0.1) is 12.2 Å². The molecule has 1 aromatic rings. The van der Waals surface area contributed by atoms with Gasteiger partial charge in [0.25, 0.3) is 6.43 Å². The first-order chi connectivity index (χ1) is 7.49. The van der Waals surface area contributed by atoms with Gasteiger partial charge in [-0.15, -0.1) is 0 Å². The lowest BCUT2D eigenvalue weighted by Crippen LogP contribution is -2.12. The fourth-order valence-corrected chi connectivity index (χ4v) is 1.93. The van der Waals surface area contributed by atoms with Crippen molar-refractivity contribution >= 4 is 44.5 Å². The Kier molecular flexibility index (Phi) is 5.03. The van der Waals surface area contributed by atoms with Gasteiger partial charge in [-0.3, -0.25) is 0 Å². The molecule has 0 amide bonds. The van der Waals surface area contributed by atoms with Crippen molar-refractivity contribution in [2.24, 2.45) is 0 Å². The minimum Gasteiger partial charge on any atom is -0.461 e. The Hall–Kier alpha value is -0.310. The van der Waals surface area contributed by atoms with Crippen molar-refractivity contribution in [1.29, 1.82) is 0 Å². The molecule has 0 aromatic carbocycles. The van der Waals surface area contributed by atoms with Gasteiger partial charge < -0.3 is 4.74 Å². The maximum Gasteiger partial charge on any atom is 0.357 e. The summed E-state index contributed by atoms with van der Waals surface area (Å²) in [4.78, 5) is 15.1. The molecule has 0 atom stereocenters. The Labute approximate surface area is 113 Å². The molecule has 0 saturated carbocycles. The van der Waals surface area contributed by atoms with E-state index in [4.69, 9.17) is 0 Å². The van der Waals surface area contributed by atoms with Gasteiger partial charge in [0.1, 0.15) is 0 Å². The van der Waals surface area contributed by atoms with Crippen LogP contribution in [-0.4, -0.2) is 17.6 Å². The Morgan fingerprint density at radius 1 is 1.69 bits per heavy atom. The number of aromatic nitrogens is 1. The van der Waals surface area contributed by atoms with Gasteiger partial charge in [-0.25, -0.2) is 18.6 Å². The molecule has 0 unspecified atom stereocenters. The normalized spacial score (nSPS) is 10.6. The SMILES string of the molecule is CCOC(=O)c1ncc(I)c(Br)c1C(F)F. The zero-order valence-corrected chi connectivity index (χ0v) is 11.9. The van der Waals surface area contributed by atoms with E-state index < -0.39 is 18.0 Å². The lowest BCUT2D eigenvalue weighted by Gasteiger charge is -2.10. The summed E-state index contributed by atoms with van der Waals surface area (Å²) in [6.07, 6.45) is -1.45. The van der Waals surface area contributed by atoms with Crippen LogP contribution in [0, 0.1) is 3.57 Å². The van der Waals surface area contributed by atoms with Crippen LogP contribution in [0.3, 0.4) is 0 Å². The molecule has 88 valence electrons. The number of rotatable bonds is 3. The van der Waals surface area contributed by atoms with Gasteiger partial charge in [-0.05, 0) is 45.4 Å². The first-order valence-corrected chi connectivity index (χ1v) is 6.15. The molecular weight excluding hydrogens is 399 g/mol. The van der Waals surface area contributed by atoms with Crippen molar-refractivity contribution in [3.63, 3.8) is 0 Å². The summed E-state index contributed by atoms with van der Waals surface area (Å²) in [6, 6.07) is 0. The van der Waals surface area contributed by atoms with Gasteiger partial charge in [0, 0.05) is 14.2 Å². The van der Waals surface area contributed by atoms with Crippen LogP contribution in [0.5, 0.6) is 0 Å². The van der Waals surface area contributed by atoms with Gasteiger partial charge in [-0.2, -0.15) is 0 Å². The third-order valence-electron chi connectivity index (χ3n) is 1.70. The second kappa shape index (κ2) is 5.85. The van der Waals surface area contributed by atoms with Crippen molar-refractivity contribution in [2.75, 3.05) is 6.61 Å². The summed E-state index contributed by atoms with van der Waals surface area (Å²) in [5, 5.41) is 0. The quantitative estimate of drug-likeness (QED) is 0.570. The van der Waals surface area contributed by atoms with Crippen LogP contribution in [-0.2, 0) is 4.74 Å².